The van der Waals surface area contributed by atoms with E-state index in [1.54, 1.807) is 0 Å². The number of aliphatic carboxylic acids is 1. The summed E-state index contributed by atoms with van der Waals surface area (Å²) < 4.78 is 0. The summed E-state index contributed by atoms with van der Waals surface area (Å²) >= 11 is 0. The Bertz CT molecular complexity index is 645. The number of nitrogens with one attached hydrogen (secondary N) is 1. The summed E-state index contributed by atoms with van der Waals surface area (Å²) in [7, 11) is 0. The third-order valence-corrected chi connectivity index (χ3v) is 8.81. The third-order valence-electron chi connectivity index (χ3n) is 8.81. The summed E-state index contributed by atoms with van der Waals surface area (Å²) in [6.45, 7) is 4.88. The number of amides is 1. The zero-order valence-electron chi connectivity index (χ0n) is 16.1. The first kappa shape index (κ1) is 18.0. The smallest absolute Gasteiger partial charge is 0.396 e. The summed E-state index contributed by atoms with van der Waals surface area (Å²) in [5, 5.41) is 13.0. The van der Waals surface area contributed by atoms with E-state index in [2.05, 4.69) is 24.4 Å². The highest BCUT2D eigenvalue weighted by atomic mass is 16.4. The Hall–Kier alpha value is -1.39. The van der Waals surface area contributed by atoms with Crippen LogP contribution in [0.3, 0.4) is 0 Å². The number of carbonyl (C=O) groups is 2. The molecule has 0 aliphatic heterocycles. The van der Waals surface area contributed by atoms with E-state index in [0.717, 1.165) is 42.7 Å². The number of carboxylic acids is 1. The standard InChI is InChI=1S/C21H32N2O3/c1-20-11-4-3-5-13(20)6-7-14-15-8-9-17(22-23-18(24)19(25)26)21(15,2)12-10-16(14)20/h13-16H,3-12H2,1-2H3,(H,23,24)(H,25,26)/b22-17+/t13-,14?,15?,16?,20+,21+/m1/s1. The van der Waals surface area contributed by atoms with Crippen LogP contribution in [0.1, 0.15) is 78.1 Å². The Kier molecular flexibility index (Phi) is 4.39. The summed E-state index contributed by atoms with van der Waals surface area (Å²) in [5.74, 6) is 0.672. The Morgan fingerprint density at radius 3 is 2.62 bits per heavy atom. The van der Waals surface area contributed by atoms with Crippen LogP contribution in [0.25, 0.3) is 0 Å². The van der Waals surface area contributed by atoms with Gasteiger partial charge in [-0.15, -0.1) is 0 Å². The molecule has 3 unspecified atom stereocenters. The molecule has 0 saturated heterocycles. The van der Waals surface area contributed by atoms with Crippen LogP contribution in [0.2, 0.25) is 0 Å². The van der Waals surface area contributed by atoms with Gasteiger partial charge in [0, 0.05) is 11.1 Å². The molecule has 144 valence electrons. The number of hydrogen-bond donors (Lipinski definition) is 2. The lowest BCUT2D eigenvalue weighted by molar-refractivity contribution is -0.150. The van der Waals surface area contributed by atoms with Crippen LogP contribution in [0.4, 0.5) is 0 Å². The molecule has 0 aromatic heterocycles. The quantitative estimate of drug-likeness (QED) is 0.548. The van der Waals surface area contributed by atoms with Crippen LogP contribution in [0, 0.1) is 34.5 Å². The minimum Gasteiger partial charge on any atom is -0.474 e. The fourth-order valence-corrected chi connectivity index (χ4v) is 7.43. The van der Waals surface area contributed by atoms with Gasteiger partial charge in [0.2, 0.25) is 0 Å². The molecule has 1 amide bonds. The topological polar surface area (TPSA) is 78.8 Å². The zero-order valence-corrected chi connectivity index (χ0v) is 16.1. The third kappa shape index (κ3) is 2.61. The average Bonchev–Trinajstić information content (AvgIpc) is 2.95. The molecule has 0 aromatic carbocycles. The number of nitrogens with zero attached hydrogens (tertiary/aromatic N) is 1. The molecule has 4 fully saturated rings. The van der Waals surface area contributed by atoms with Crippen molar-refractivity contribution >= 4 is 17.6 Å². The van der Waals surface area contributed by atoms with E-state index >= 15 is 0 Å². The molecule has 0 aromatic rings. The fraction of sp³-hybridized carbons (Fsp3) is 0.857. The summed E-state index contributed by atoms with van der Waals surface area (Å²) in [4.78, 5) is 22.1. The first-order valence-corrected chi connectivity index (χ1v) is 10.5. The van der Waals surface area contributed by atoms with Crippen molar-refractivity contribution in [3.8, 4) is 0 Å². The van der Waals surface area contributed by atoms with E-state index in [0.29, 0.717) is 11.3 Å². The van der Waals surface area contributed by atoms with Gasteiger partial charge in [-0.3, -0.25) is 4.79 Å². The van der Waals surface area contributed by atoms with E-state index < -0.39 is 11.9 Å². The highest BCUT2D eigenvalue weighted by Gasteiger charge is 2.58. The van der Waals surface area contributed by atoms with Gasteiger partial charge < -0.3 is 5.11 Å². The van der Waals surface area contributed by atoms with Crippen molar-refractivity contribution in [1.29, 1.82) is 0 Å². The van der Waals surface area contributed by atoms with Gasteiger partial charge in [-0.25, -0.2) is 10.2 Å². The maximum atomic E-state index is 11.4. The molecule has 5 heteroatoms. The van der Waals surface area contributed by atoms with Gasteiger partial charge in [0.25, 0.3) is 0 Å². The number of hydrogen-bond acceptors (Lipinski definition) is 3. The lowest BCUT2D eigenvalue weighted by atomic mass is 9.45. The van der Waals surface area contributed by atoms with Crippen molar-refractivity contribution in [2.45, 2.75) is 78.1 Å². The molecule has 5 nitrogen and oxygen atoms in total. The summed E-state index contributed by atoms with van der Waals surface area (Å²) in [6, 6.07) is 0. The first-order chi connectivity index (χ1) is 12.4. The van der Waals surface area contributed by atoms with E-state index in [1.165, 1.54) is 44.9 Å². The molecule has 4 saturated carbocycles. The maximum absolute atomic E-state index is 11.4. The van der Waals surface area contributed by atoms with Crippen molar-refractivity contribution in [2.75, 3.05) is 0 Å². The van der Waals surface area contributed by atoms with Gasteiger partial charge in [0.15, 0.2) is 0 Å². The van der Waals surface area contributed by atoms with Gasteiger partial charge in [-0.1, -0.05) is 26.7 Å². The summed E-state index contributed by atoms with van der Waals surface area (Å²) in [6.07, 6.45) is 12.8. The predicted molar refractivity (Wildman–Crippen MR) is 99.6 cm³/mol. The molecule has 4 rings (SSSR count). The van der Waals surface area contributed by atoms with Crippen LogP contribution in [0.15, 0.2) is 5.10 Å². The van der Waals surface area contributed by atoms with Crippen LogP contribution in [0.5, 0.6) is 0 Å². The fourth-order valence-electron chi connectivity index (χ4n) is 7.43. The number of hydrazone groups is 1. The van der Waals surface area contributed by atoms with Crippen LogP contribution >= 0.6 is 0 Å². The van der Waals surface area contributed by atoms with Gasteiger partial charge in [0.05, 0.1) is 0 Å². The highest BCUT2D eigenvalue weighted by Crippen LogP contribution is 2.65. The van der Waals surface area contributed by atoms with Crippen molar-refractivity contribution in [3.63, 3.8) is 0 Å². The molecule has 6 atom stereocenters. The van der Waals surface area contributed by atoms with Crippen LogP contribution in [-0.2, 0) is 9.59 Å². The second kappa shape index (κ2) is 6.35. The second-order valence-corrected chi connectivity index (χ2v) is 9.70. The molecule has 0 spiro atoms. The van der Waals surface area contributed by atoms with E-state index in [1.807, 2.05) is 0 Å². The number of carbonyl (C=O) groups excluding carboxylic acids is 1. The SMILES string of the molecule is C[C@]12CCC3C(CC[C@H]4CCCC[C@]34C)C1CC/C2=N\NC(=O)C(=O)O. The average molecular weight is 360 g/mol. The van der Waals surface area contributed by atoms with Gasteiger partial charge in [-0.05, 0) is 80.5 Å². The first-order valence-electron chi connectivity index (χ1n) is 10.5. The molecular formula is C21H32N2O3. The monoisotopic (exact) mass is 360 g/mol. The normalized spacial score (nSPS) is 46.2. The van der Waals surface area contributed by atoms with Crippen molar-refractivity contribution in [3.05, 3.63) is 0 Å². The van der Waals surface area contributed by atoms with Crippen molar-refractivity contribution in [2.24, 2.45) is 39.6 Å². The lowest BCUT2D eigenvalue weighted by Gasteiger charge is -2.59. The van der Waals surface area contributed by atoms with Crippen molar-refractivity contribution in [1.82, 2.24) is 5.43 Å². The predicted octanol–water partition coefficient (Wildman–Crippen LogP) is 3.98. The van der Waals surface area contributed by atoms with Crippen LogP contribution < -0.4 is 5.43 Å². The largest absolute Gasteiger partial charge is 0.474 e. The molecule has 26 heavy (non-hydrogen) atoms. The van der Waals surface area contributed by atoms with E-state index in [4.69, 9.17) is 5.11 Å². The van der Waals surface area contributed by atoms with Gasteiger partial charge >= 0.3 is 11.9 Å². The van der Waals surface area contributed by atoms with E-state index in [9.17, 15) is 9.59 Å². The van der Waals surface area contributed by atoms with Gasteiger partial charge in [-0.2, -0.15) is 5.10 Å². The Morgan fingerprint density at radius 2 is 1.85 bits per heavy atom. The maximum Gasteiger partial charge on any atom is 0.396 e. The number of carboxylic acid groups (broad SMARTS) is 1. The highest BCUT2D eigenvalue weighted by molar-refractivity contribution is 6.31. The molecule has 0 heterocycles. The molecule has 0 radical (unpaired) electrons. The van der Waals surface area contributed by atoms with Crippen molar-refractivity contribution < 1.29 is 14.7 Å². The Morgan fingerprint density at radius 1 is 1.04 bits per heavy atom. The molecule has 0 bridgehead atoms. The molecule has 4 aliphatic carbocycles. The van der Waals surface area contributed by atoms with Gasteiger partial charge in [0.1, 0.15) is 0 Å². The number of fused-ring (bicyclic) bond motifs is 5. The van der Waals surface area contributed by atoms with Crippen LogP contribution in [-0.4, -0.2) is 22.7 Å². The zero-order chi connectivity index (χ0) is 18.5. The lowest BCUT2D eigenvalue weighted by Crippen LogP contribution is -2.52. The Balaban J connectivity index is 1.55. The summed E-state index contributed by atoms with van der Waals surface area (Å²) in [5.41, 5.74) is 3.84. The van der Waals surface area contributed by atoms with E-state index in [-0.39, 0.29) is 5.41 Å². The Labute approximate surface area is 156 Å². The minimum absolute atomic E-state index is 0.0326. The second-order valence-electron chi connectivity index (χ2n) is 9.70. The minimum atomic E-state index is -1.47. The molecule has 2 N–H and O–H groups in total. The molecular weight excluding hydrogens is 328 g/mol. The molecule has 4 aliphatic rings. The number of rotatable bonds is 1.